The van der Waals surface area contributed by atoms with Crippen molar-refractivity contribution in [1.82, 2.24) is 0 Å². The lowest BCUT2D eigenvalue weighted by atomic mass is 10.5. The van der Waals surface area contributed by atoms with E-state index in [0.717, 1.165) is 5.92 Å². The Kier molecular flexibility index (Phi) is 1.93. The molecule has 2 atom stereocenters. The maximum atomic E-state index is 5.88. The molecule has 0 amide bonds. The highest BCUT2D eigenvalue weighted by Gasteiger charge is 2.38. The smallest absolute Gasteiger partial charge is 0.0445 e. The summed E-state index contributed by atoms with van der Waals surface area (Å²) in [4.78, 5) is 0. The molecule has 0 N–H and O–H groups in total. The topological polar surface area (TPSA) is 0 Å². The first kappa shape index (κ1) is 7.61. The molecule has 0 bridgehead atoms. The summed E-state index contributed by atoms with van der Waals surface area (Å²) in [5, 5.41) is 0.539. The molecule has 2 heteroatoms. The molecule has 0 aromatic carbocycles. The Bertz CT molecular complexity index is 106. The summed E-state index contributed by atoms with van der Waals surface area (Å²) in [7, 11) is -0.784. The van der Waals surface area contributed by atoms with Gasteiger partial charge in [-0.3, -0.25) is 0 Å². The minimum absolute atomic E-state index is 0.539. The summed E-state index contributed by atoms with van der Waals surface area (Å²) in [6, 6.07) is 1.43. The third-order valence-electron chi connectivity index (χ3n) is 1.71. The van der Waals surface area contributed by atoms with Gasteiger partial charge in [0, 0.05) is 13.5 Å². The first-order chi connectivity index (χ1) is 3.99. The van der Waals surface area contributed by atoms with Crippen LogP contribution in [-0.2, 0) is 0 Å². The molecular formula is C7H15ClSi. The molecule has 54 valence electrons. The highest BCUT2D eigenvalue weighted by atomic mass is 35.5. The van der Waals surface area contributed by atoms with Crippen LogP contribution in [0.5, 0.6) is 0 Å². The molecule has 1 aliphatic carbocycles. The van der Waals surface area contributed by atoms with Crippen LogP contribution in [0.25, 0.3) is 0 Å². The number of hydrogen-bond donors (Lipinski definition) is 0. The molecule has 1 saturated carbocycles. The van der Waals surface area contributed by atoms with Gasteiger partial charge < -0.3 is 0 Å². The highest BCUT2D eigenvalue weighted by molar-refractivity contribution is 6.76. The Labute approximate surface area is 63.6 Å². The van der Waals surface area contributed by atoms with E-state index in [4.69, 9.17) is 11.6 Å². The monoisotopic (exact) mass is 162 g/mol. The van der Waals surface area contributed by atoms with Crippen molar-refractivity contribution < 1.29 is 0 Å². The standard InChI is InChI=1S/C7H15ClSi/c1-9(2,3)5-6-4-7(6)8/h6-7H,4-5H2,1-3H3/t6-,7-/m0/s1. The van der Waals surface area contributed by atoms with Crippen molar-refractivity contribution in [3.8, 4) is 0 Å². The summed E-state index contributed by atoms with van der Waals surface area (Å²) >= 11 is 5.88. The van der Waals surface area contributed by atoms with E-state index in [2.05, 4.69) is 19.6 Å². The molecule has 0 heterocycles. The predicted molar refractivity (Wildman–Crippen MR) is 45.9 cm³/mol. The van der Waals surface area contributed by atoms with Crippen molar-refractivity contribution in [2.24, 2.45) is 5.92 Å². The van der Waals surface area contributed by atoms with E-state index in [1.54, 1.807) is 0 Å². The molecule has 0 spiro atoms. The van der Waals surface area contributed by atoms with Crippen LogP contribution in [0.1, 0.15) is 6.42 Å². The molecule has 0 unspecified atom stereocenters. The second-order valence-electron chi connectivity index (χ2n) is 4.28. The summed E-state index contributed by atoms with van der Waals surface area (Å²) in [6.45, 7) is 7.23. The number of hydrogen-bond acceptors (Lipinski definition) is 0. The molecule has 0 aliphatic heterocycles. The van der Waals surface area contributed by atoms with Crippen LogP contribution < -0.4 is 0 Å². The molecule has 0 nitrogen and oxygen atoms in total. The summed E-state index contributed by atoms with van der Waals surface area (Å²) in [5.74, 6) is 0.887. The van der Waals surface area contributed by atoms with Gasteiger partial charge in [0.1, 0.15) is 0 Å². The molecule has 0 saturated heterocycles. The van der Waals surface area contributed by atoms with E-state index in [9.17, 15) is 0 Å². The minimum atomic E-state index is -0.784. The predicted octanol–water partition coefficient (Wildman–Crippen LogP) is 2.95. The average Bonchev–Trinajstić information content (AvgIpc) is 2.13. The van der Waals surface area contributed by atoms with E-state index in [-0.39, 0.29) is 0 Å². The Morgan fingerprint density at radius 2 is 1.89 bits per heavy atom. The van der Waals surface area contributed by atoms with Crippen molar-refractivity contribution in [3.05, 3.63) is 0 Å². The van der Waals surface area contributed by atoms with Crippen LogP contribution in [0.15, 0.2) is 0 Å². The van der Waals surface area contributed by atoms with E-state index >= 15 is 0 Å². The molecule has 0 aromatic rings. The zero-order valence-corrected chi connectivity index (χ0v) is 8.20. The van der Waals surface area contributed by atoms with Crippen LogP contribution in [0.3, 0.4) is 0 Å². The van der Waals surface area contributed by atoms with Gasteiger partial charge in [-0.25, -0.2) is 0 Å². The first-order valence-electron chi connectivity index (χ1n) is 3.63. The van der Waals surface area contributed by atoms with Crippen LogP contribution in [0.2, 0.25) is 25.7 Å². The van der Waals surface area contributed by atoms with E-state index in [0.29, 0.717) is 5.38 Å². The summed E-state index contributed by atoms with van der Waals surface area (Å²) in [5.41, 5.74) is 0. The van der Waals surface area contributed by atoms with E-state index < -0.39 is 8.07 Å². The van der Waals surface area contributed by atoms with Gasteiger partial charge in [-0.1, -0.05) is 25.7 Å². The molecule has 1 aliphatic rings. The van der Waals surface area contributed by atoms with Gasteiger partial charge in [-0.2, -0.15) is 0 Å². The van der Waals surface area contributed by atoms with Gasteiger partial charge in [0.05, 0.1) is 0 Å². The van der Waals surface area contributed by atoms with Crippen molar-refractivity contribution in [2.75, 3.05) is 0 Å². The number of halogens is 1. The normalized spacial score (nSPS) is 34.7. The Morgan fingerprint density at radius 3 is 2.00 bits per heavy atom. The van der Waals surface area contributed by atoms with Gasteiger partial charge in [-0.05, 0) is 12.3 Å². The SMILES string of the molecule is C[Si](C)(C)C[C@@H]1C[C@@H]1Cl. The third kappa shape index (κ3) is 2.72. The van der Waals surface area contributed by atoms with Crippen molar-refractivity contribution >= 4 is 19.7 Å². The van der Waals surface area contributed by atoms with Gasteiger partial charge >= 0.3 is 0 Å². The van der Waals surface area contributed by atoms with Crippen LogP contribution in [0, 0.1) is 5.92 Å². The van der Waals surface area contributed by atoms with Crippen molar-refractivity contribution in [3.63, 3.8) is 0 Å². The molecule has 0 radical (unpaired) electrons. The maximum Gasteiger partial charge on any atom is 0.0445 e. The summed E-state index contributed by atoms with van der Waals surface area (Å²) < 4.78 is 0. The third-order valence-corrected chi connectivity index (χ3v) is 3.99. The second-order valence-corrected chi connectivity index (χ2v) is 10.4. The van der Waals surface area contributed by atoms with Gasteiger partial charge in [-0.15, -0.1) is 11.6 Å². The van der Waals surface area contributed by atoms with Crippen molar-refractivity contribution in [1.29, 1.82) is 0 Å². The fourth-order valence-electron chi connectivity index (χ4n) is 1.21. The zero-order valence-electron chi connectivity index (χ0n) is 6.45. The van der Waals surface area contributed by atoms with Crippen LogP contribution >= 0.6 is 11.6 Å². The lowest BCUT2D eigenvalue weighted by Crippen LogP contribution is -2.20. The largest absolute Gasteiger partial charge is 0.123 e. The van der Waals surface area contributed by atoms with E-state index in [1.165, 1.54) is 12.5 Å². The van der Waals surface area contributed by atoms with Gasteiger partial charge in [0.15, 0.2) is 0 Å². The number of rotatable bonds is 2. The lowest BCUT2D eigenvalue weighted by Gasteiger charge is -2.13. The van der Waals surface area contributed by atoms with E-state index in [1.807, 2.05) is 0 Å². The Morgan fingerprint density at radius 1 is 1.44 bits per heavy atom. The average molecular weight is 163 g/mol. The molecule has 1 fully saturated rings. The molecule has 9 heavy (non-hydrogen) atoms. The van der Waals surface area contributed by atoms with Gasteiger partial charge in [0.2, 0.25) is 0 Å². The minimum Gasteiger partial charge on any atom is -0.123 e. The van der Waals surface area contributed by atoms with Crippen molar-refractivity contribution in [2.45, 2.75) is 37.5 Å². The molecule has 0 aromatic heterocycles. The maximum absolute atomic E-state index is 5.88. The highest BCUT2D eigenvalue weighted by Crippen LogP contribution is 2.42. The molecular weight excluding hydrogens is 148 g/mol. The molecule has 1 rings (SSSR count). The Balaban J connectivity index is 2.19. The number of alkyl halides is 1. The Hall–Kier alpha value is 0.507. The van der Waals surface area contributed by atoms with Crippen LogP contribution in [-0.4, -0.2) is 13.5 Å². The lowest BCUT2D eigenvalue weighted by molar-refractivity contribution is 0.950. The second kappa shape index (κ2) is 2.28. The van der Waals surface area contributed by atoms with Gasteiger partial charge in [0.25, 0.3) is 0 Å². The fraction of sp³-hybridized carbons (Fsp3) is 1.00. The zero-order chi connectivity index (χ0) is 7.07. The summed E-state index contributed by atoms with van der Waals surface area (Å²) in [6.07, 6.45) is 1.28. The fourth-order valence-corrected chi connectivity index (χ4v) is 3.70. The quantitative estimate of drug-likeness (QED) is 0.433. The first-order valence-corrected chi connectivity index (χ1v) is 7.77. The van der Waals surface area contributed by atoms with Crippen LogP contribution in [0.4, 0.5) is 0 Å².